The number of hydrogen-bond donors (Lipinski definition) is 0. The van der Waals surface area contributed by atoms with E-state index in [1.165, 1.54) is 0 Å². The van der Waals surface area contributed by atoms with Crippen molar-refractivity contribution in [1.29, 1.82) is 0 Å². The van der Waals surface area contributed by atoms with Crippen molar-refractivity contribution in [3.05, 3.63) is 23.8 Å². The Labute approximate surface area is 112 Å². The summed E-state index contributed by atoms with van der Waals surface area (Å²) in [5.41, 5.74) is 0.397. The van der Waals surface area contributed by atoms with E-state index < -0.39 is 5.41 Å². The lowest BCUT2D eigenvalue weighted by Gasteiger charge is -2.20. The van der Waals surface area contributed by atoms with Crippen molar-refractivity contribution in [2.24, 2.45) is 0 Å². The molecule has 0 aliphatic rings. The molecule has 0 amide bonds. The number of aryl methyl sites for hydroxylation is 1. The Morgan fingerprint density at radius 1 is 1.11 bits per heavy atom. The predicted octanol–water partition coefficient (Wildman–Crippen LogP) is 3.96. The van der Waals surface area contributed by atoms with Gasteiger partial charge in [0.2, 0.25) is 0 Å². The quantitative estimate of drug-likeness (QED) is 0.817. The van der Waals surface area contributed by atoms with E-state index in [0.29, 0.717) is 0 Å². The van der Waals surface area contributed by atoms with Gasteiger partial charge in [0.15, 0.2) is 0 Å². The molecule has 0 aliphatic carbocycles. The Morgan fingerprint density at radius 3 is 1.78 bits per heavy atom. The van der Waals surface area contributed by atoms with E-state index in [1.807, 2.05) is 48.5 Å². The van der Waals surface area contributed by atoms with E-state index in [4.69, 9.17) is 0 Å². The summed E-state index contributed by atoms with van der Waals surface area (Å²) in [6, 6.07) is 0. The zero-order chi connectivity index (χ0) is 14.8. The minimum Gasteiger partial charge on any atom is -0.299 e. The highest BCUT2D eigenvalue weighted by Crippen LogP contribution is 2.22. The van der Waals surface area contributed by atoms with Gasteiger partial charge < -0.3 is 0 Å². The van der Waals surface area contributed by atoms with Gasteiger partial charge in [0.05, 0.1) is 5.41 Å². The van der Waals surface area contributed by atoms with Crippen molar-refractivity contribution < 1.29 is 4.79 Å². The second-order valence-electron chi connectivity index (χ2n) is 3.92. The first-order valence-electron chi connectivity index (χ1n) is 6.81. The molecule has 0 aliphatic heterocycles. The van der Waals surface area contributed by atoms with Gasteiger partial charge in [-0.3, -0.25) is 4.79 Å². The van der Waals surface area contributed by atoms with Crippen LogP contribution in [-0.4, -0.2) is 15.8 Å². The highest BCUT2D eigenvalue weighted by molar-refractivity contribution is 5.86. The van der Waals surface area contributed by atoms with Gasteiger partial charge in [-0.05, 0) is 20.8 Å². The molecule has 0 fully saturated rings. The second-order valence-corrected chi connectivity index (χ2v) is 3.92. The fourth-order valence-electron chi connectivity index (χ4n) is 1.06. The summed E-state index contributed by atoms with van der Waals surface area (Å²) in [4.78, 5) is 19.7. The number of hydrogen-bond acceptors (Lipinski definition) is 3. The van der Waals surface area contributed by atoms with Crippen LogP contribution in [0.4, 0.5) is 0 Å². The van der Waals surface area contributed by atoms with E-state index in [-0.39, 0.29) is 5.78 Å². The first-order valence-corrected chi connectivity index (χ1v) is 6.81. The molecule has 3 heteroatoms. The van der Waals surface area contributed by atoms with Gasteiger partial charge in [0, 0.05) is 24.4 Å². The highest BCUT2D eigenvalue weighted by atomic mass is 16.1. The molecule has 0 spiro atoms. The number of Topliss-reactive ketones (excluding diaryl/α,β-unsaturated/α-hetero) is 1. The summed E-state index contributed by atoms with van der Waals surface area (Å²) in [5.74, 6) is 0.943. The lowest BCUT2D eigenvalue weighted by atomic mass is 9.83. The fourth-order valence-corrected chi connectivity index (χ4v) is 1.06. The highest BCUT2D eigenvalue weighted by Gasteiger charge is 2.26. The maximum atomic E-state index is 11.4. The topological polar surface area (TPSA) is 42.9 Å². The molecule has 1 aromatic rings. The maximum Gasteiger partial charge on any atom is 0.139 e. The van der Waals surface area contributed by atoms with Crippen LogP contribution in [-0.2, 0) is 16.6 Å². The smallest absolute Gasteiger partial charge is 0.139 e. The first-order chi connectivity index (χ1) is 8.48. The van der Waals surface area contributed by atoms with E-state index in [1.54, 1.807) is 19.3 Å². The van der Waals surface area contributed by atoms with Crippen molar-refractivity contribution in [2.75, 3.05) is 0 Å². The summed E-state index contributed by atoms with van der Waals surface area (Å²) < 4.78 is 0. The van der Waals surface area contributed by atoms with Gasteiger partial charge in [-0.25, -0.2) is 9.97 Å². The molecule has 0 saturated carbocycles. The Bertz CT molecular complexity index is 329. The lowest BCUT2D eigenvalue weighted by Crippen LogP contribution is -2.26. The van der Waals surface area contributed by atoms with Crippen LogP contribution >= 0.6 is 0 Å². The number of aromatic nitrogens is 2. The Kier molecular flexibility index (Phi) is 10.3. The number of carbonyl (C=O) groups is 1. The summed E-state index contributed by atoms with van der Waals surface area (Å²) in [6.07, 6.45) is 4.31. The summed E-state index contributed by atoms with van der Waals surface area (Å²) in [7, 11) is 0. The minimum absolute atomic E-state index is 0.130. The van der Waals surface area contributed by atoms with Crippen LogP contribution in [0.2, 0.25) is 0 Å². The molecule has 0 radical (unpaired) electrons. The zero-order valence-electron chi connectivity index (χ0n) is 13.2. The molecule has 104 valence electrons. The third-order valence-electron chi connectivity index (χ3n) is 2.62. The first kappa shape index (κ1) is 19.1. The summed E-state index contributed by atoms with van der Waals surface area (Å²) in [5, 5.41) is 0. The Hall–Kier alpha value is -1.25. The maximum absolute atomic E-state index is 11.4. The van der Waals surface area contributed by atoms with Crippen LogP contribution in [0.15, 0.2) is 12.4 Å². The molecule has 0 N–H and O–H groups in total. The van der Waals surface area contributed by atoms with Gasteiger partial charge in [-0.1, -0.05) is 34.6 Å². The molecule has 3 nitrogen and oxygen atoms in total. The van der Waals surface area contributed by atoms with E-state index in [0.717, 1.165) is 17.8 Å². The third-order valence-corrected chi connectivity index (χ3v) is 2.62. The molecule has 0 saturated heterocycles. The minimum atomic E-state index is -0.480. The van der Waals surface area contributed by atoms with Gasteiger partial charge in [-0.2, -0.15) is 0 Å². The van der Waals surface area contributed by atoms with Crippen LogP contribution < -0.4 is 0 Å². The molecule has 0 unspecified atom stereocenters. The van der Waals surface area contributed by atoms with E-state index in [2.05, 4.69) is 9.97 Å². The summed E-state index contributed by atoms with van der Waals surface area (Å²) in [6.45, 7) is 15.4. The summed E-state index contributed by atoms with van der Waals surface area (Å²) >= 11 is 0. The van der Waals surface area contributed by atoms with Crippen molar-refractivity contribution in [3.8, 4) is 0 Å². The predicted molar refractivity (Wildman–Crippen MR) is 77.8 cm³/mol. The number of ketones is 1. The molecule has 1 aromatic heterocycles. The van der Waals surface area contributed by atoms with E-state index >= 15 is 0 Å². The molecular weight excluding hydrogens is 224 g/mol. The number of carbonyl (C=O) groups excluding carboxylic acids is 1. The van der Waals surface area contributed by atoms with Crippen LogP contribution in [0, 0.1) is 0 Å². The number of rotatable bonds is 3. The van der Waals surface area contributed by atoms with Gasteiger partial charge >= 0.3 is 0 Å². The normalized spacial score (nSPS) is 9.56. The molecule has 1 heterocycles. The SMILES string of the molecule is CC.CC.CCc1ncc(C(C)(C)C(C)=O)cn1. The van der Waals surface area contributed by atoms with Gasteiger partial charge in [-0.15, -0.1) is 0 Å². The standard InChI is InChI=1S/C11H16N2O.2C2H6/c1-5-10-12-6-9(7-13-10)11(3,4)8(2)14;2*1-2/h6-7H,5H2,1-4H3;2*1-2H3. The molecule has 0 bridgehead atoms. The lowest BCUT2D eigenvalue weighted by molar-refractivity contribution is -0.121. The second kappa shape index (κ2) is 9.75. The molecule has 1 rings (SSSR count). The zero-order valence-corrected chi connectivity index (χ0v) is 13.2. The number of nitrogens with zero attached hydrogens (tertiary/aromatic N) is 2. The van der Waals surface area contributed by atoms with Crippen molar-refractivity contribution >= 4 is 5.78 Å². The van der Waals surface area contributed by atoms with Crippen LogP contribution in [0.1, 0.15) is 66.8 Å². The monoisotopic (exact) mass is 252 g/mol. The van der Waals surface area contributed by atoms with Crippen LogP contribution in [0.3, 0.4) is 0 Å². The van der Waals surface area contributed by atoms with Crippen molar-refractivity contribution in [3.63, 3.8) is 0 Å². The van der Waals surface area contributed by atoms with E-state index in [9.17, 15) is 4.79 Å². The fraction of sp³-hybridized carbons (Fsp3) is 0.667. The average molecular weight is 252 g/mol. The Balaban J connectivity index is 0. The Morgan fingerprint density at radius 2 is 1.50 bits per heavy atom. The third kappa shape index (κ3) is 5.39. The molecule has 0 aromatic carbocycles. The largest absolute Gasteiger partial charge is 0.299 e. The van der Waals surface area contributed by atoms with Crippen LogP contribution in [0.25, 0.3) is 0 Å². The van der Waals surface area contributed by atoms with Crippen molar-refractivity contribution in [1.82, 2.24) is 9.97 Å². The molecule has 0 atom stereocenters. The van der Waals surface area contributed by atoms with Gasteiger partial charge in [0.1, 0.15) is 11.6 Å². The molecular formula is C15H28N2O. The van der Waals surface area contributed by atoms with Gasteiger partial charge in [0.25, 0.3) is 0 Å². The van der Waals surface area contributed by atoms with Crippen molar-refractivity contribution in [2.45, 2.75) is 67.2 Å². The van der Waals surface area contributed by atoms with Crippen LogP contribution in [0.5, 0.6) is 0 Å². The average Bonchev–Trinajstić information content (AvgIpc) is 2.43. The molecule has 18 heavy (non-hydrogen) atoms.